The Bertz CT molecular complexity index is 566. The van der Waals surface area contributed by atoms with Crippen LogP contribution in [0.25, 0.3) is 11.4 Å². The van der Waals surface area contributed by atoms with Crippen LogP contribution in [0.1, 0.15) is 6.92 Å². The highest BCUT2D eigenvalue weighted by atomic mass is 35.5. The highest BCUT2D eigenvalue weighted by molar-refractivity contribution is 6.31. The number of H-pyrrole nitrogens is 1. The first-order valence-electron chi connectivity index (χ1n) is 5.20. The van der Waals surface area contributed by atoms with Crippen molar-refractivity contribution >= 4 is 11.6 Å². The summed E-state index contributed by atoms with van der Waals surface area (Å²) in [4.78, 5) is 18.4. The van der Waals surface area contributed by atoms with Crippen molar-refractivity contribution in [2.45, 2.75) is 6.92 Å². The molecule has 0 aliphatic rings. The van der Waals surface area contributed by atoms with Gasteiger partial charge in [0.1, 0.15) is 5.82 Å². The zero-order chi connectivity index (χ0) is 12.3. The number of aromatic amines is 1. The van der Waals surface area contributed by atoms with E-state index in [0.29, 0.717) is 12.4 Å². The van der Waals surface area contributed by atoms with E-state index in [1.54, 1.807) is 6.92 Å². The molecule has 2 rings (SSSR count). The highest BCUT2D eigenvalue weighted by Crippen LogP contribution is 2.21. The van der Waals surface area contributed by atoms with Crippen LogP contribution in [0.15, 0.2) is 35.1 Å². The van der Waals surface area contributed by atoms with Crippen molar-refractivity contribution in [3.63, 3.8) is 0 Å². The number of nitrogens with one attached hydrogen (secondary N) is 1. The Morgan fingerprint density at radius 1 is 1.35 bits per heavy atom. The van der Waals surface area contributed by atoms with Crippen molar-refractivity contribution in [1.82, 2.24) is 9.97 Å². The van der Waals surface area contributed by atoms with Crippen molar-refractivity contribution in [1.29, 1.82) is 0 Å². The molecule has 1 aromatic heterocycles. The second-order valence-electron chi connectivity index (χ2n) is 3.33. The van der Waals surface area contributed by atoms with Gasteiger partial charge in [-0.2, -0.15) is 4.98 Å². The fraction of sp³-hybridized carbons (Fsp3) is 0.167. The molecule has 17 heavy (non-hydrogen) atoms. The normalized spacial score (nSPS) is 10.2. The van der Waals surface area contributed by atoms with Crippen LogP contribution in [0.2, 0.25) is 5.02 Å². The molecule has 0 fully saturated rings. The number of aromatic nitrogens is 2. The first-order chi connectivity index (χ1) is 8.22. The van der Waals surface area contributed by atoms with Crippen LogP contribution in [-0.2, 0) is 0 Å². The predicted octanol–water partition coefficient (Wildman–Crippen LogP) is 2.49. The molecule has 0 amide bonds. The molecule has 0 bridgehead atoms. The highest BCUT2D eigenvalue weighted by Gasteiger charge is 2.11. The minimum Gasteiger partial charge on any atom is -0.477 e. The third kappa shape index (κ3) is 2.47. The maximum absolute atomic E-state index is 11.6. The SMILES string of the molecule is CCOc1nc(-c2ccccc2)[nH]c(=O)c1Cl. The molecule has 0 radical (unpaired) electrons. The molecule has 1 aromatic carbocycles. The third-order valence-corrected chi connectivity index (χ3v) is 2.49. The van der Waals surface area contributed by atoms with E-state index in [-0.39, 0.29) is 10.9 Å². The van der Waals surface area contributed by atoms with Crippen molar-refractivity contribution in [3.8, 4) is 17.3 Å². The van der Waals surface area contributed by atoms with Gasteiger partial charge in [-0.25, -0.2) is 0 Å². The lowest BCUT2D eigenvalue weighted by atomic mass is 10.2. The van der Waals surface area contributed by atoms with E-state index < -0.39 is 5.56 Å². The number of halogens is 1. The lowest BCUT2D eigenvalue weighted by molar-refractivity contribution is 0.326. The van der Waals surface area contributed by atoms with E-state index in [9.17, 15) is 4.79 Å². The Labute approximate surface area is 103 Å². The van der Waals surface area contributed by atoms with Gasteiger partial charge in [-0.3, -0.25) is 4.79 Å². The summed E-state index contributed by atoms with van der Waals surface area (Å²) < 4.78 is 5.22. The van der Waals surface area contributed by atoms with Crippen LogP contribution < -0.4 is 10.3 Å². The molecule has 0 aliphatic heterocycles. The van der Waals surface area contributed by atoms with Crippen molar-refractivity contribution in [2.24, 2.45) is 0 Å². The van der Waals surface area contributed by atoms with E-state index >= 15 is 0 Å². The van der Waals surface area contributed by atoms with Crippen molar-refractivity contribution < 1.29 is 4.74 Å². The first-order valence-corrected chi connectivity index (χ1v) is 5.58. The van der Waals surface area contributed by atoms with Gasteiger partial charge in [0.2, 0.25) is 5.88 Å². The van der Waals surface area contributed by atoms with Gasteiger partial charge in [0.15, 0.2) is 5.02 Å². The van der Waals surface area contributed by atoms with Gasteiger partial charge >= 0.3 is 0 Å². The molecule has 0 saturated carbocycles. The predicted molar refractivity (Wildman–Crippen MR) is 66.5 cm³/mol. The van der Waals surface area contributed by atoms with Crippen LogP contribution >= 0.6 is 11.6 Å². The minimum absolute atomic E-state index is 0.0217. The number of hydrogen-bond acceptors (Lipinski definition) is 3. The van der Waals surface area contributed by atoms with Gasteiger partial charge in [-0.1, -0.05) is 41.9 Å². The van der Waals surface area contributed by atoms with E-state index in [4.69, 9.17) is 16.3 Å². The lowest BCUT2D eigenvalue weighted by Gasteiger charge is -2.06. The Kier molecular flexibility index (Phi) is 3.44. The fourth-order valence-corrected chi connectivity index (χ4v) is 1.55. The molecular formula is C12H11ClN2O2. The van der Waals surface area contributed by atoms with Crippen LogP contribution in [0.3, 0.4) is 0 Å². The number of rotatable bonds is 3. The molecule has 1 heterocycles. The molecule has 5 heteroatoms. The number of hydrogen-bond donors (Lipinski definition) is 1. The Balaban J connectivity index is 2.53. The largest absolute Gasteiger partial charge is 0.477 e. The average molecular weight is 251 g/mol. The molecule has 0 spiro atoms. The fourth-order valence-electron chi connectivity index (χ4n) is 1.40. The molecule has 4 nitrogen and oxygen atoms in total. The van der Waals surface area contributed by atoms with Gasteiger partial charge in [0, 0.05) is 5.56 Å². The summed E-state index contributed by atoms with van der Waals surface area (Å²) in [7, 11) is 0. The van der Waals surface area contributed by atoms with Crippen molar-refractivity contribution in [3.05, 3.63) is 45.7 Å². The second kappa shape index (κ2) is 5.01. The van der Waals surface area contributed by atoms with E-state index in [1.165, 1.54) is 0 Å². The molecule has 88 valence electrons. The van der Waals surface area contributed by atoms with Gasteiger partial charge < -0.3 is 9.72 Å². The molecular weight excluding hydrogens is 240 g/mol. The first kappa shape index (κ1) is 11.7. The smallest absolute Gasteiger partial charge is 0.273 e. The summed E-state index contributed by atoms with van der Waals surface area (Å²) in [6.07, 6.45) is 0. The maximum Gasteiger partial charge on any atom is 0.273 e. The number of ether oxygens (including phenoxy) is 1. The van der Waals surface area contributed by atoms with Gasteiger partial charge in [0.25, 0.3) is 5.56 Å². The molecule has 0 unspecified atom stereocenters. The third-order valence-electron chi connectivity index (χ3n) is 2.16. The van der Waals surface area contributed by atoms with E-state index in [1.807, 2.05) is 30.3 Å². The van der Waals surface area contributed by atoms with Crippen LogP contribution in [-0.4, -0.2) is 16.6 Å². The summed E-state index contributed by atoms with van der Waals surface area (Å²) in [6, 6.07) is 9.32. The molecule has 1 N–H and O–H groups in total. The Hall–Kier alpha value is -1.81. The molecule has 2 aromatic rings. The van der Waals surface area contributed by atoms with E-state index in [2.05, 4.69) is 9.97 Å². The zero-order valence-electron chi connectivity index (χ0n) is 9.24. The Morgan fingerprint density at radius 3 is 2.71 bits per heavy atom. The van der Waals surface area contributed by atoms with Gasteiger partial charge in [0.05, 0.1) is 6.61 Å². The van der Waals surface area contributed by atoms with Crippen LogP contribution in [0.5, 0.6) is 5.88 Å². The maximum atomic E-state index is 11.6. The lowest BCUT2D eigenvalue weighted by Crippen LogP contribution is -2.12. The van der Waals surface area contributed by atoms with E-state index in [0.717, 1.165) is 5.56 Å². The molecule has 0 aliphatic carbocycles. The minimum atomic E-state index is -0.399. The quantitative estimate of drug-likeness (QED) is 0.911. The van der Waals surface area contributed by atoms with Gasteiger partial charge in [-0.05, 0) is 6.92 Å². The summed E-state index contributed by atoms with van der Waals surface area (Å²) in [5.74, 6) is 0.611. The summed E-state index contributed by atoms with van der Waals surface area (Å²) >= 11 is 5.80. The summed E-state index contributed by atoms with van der Waals surface area (Å²) in [6.45, 7) is 2.21. The standard InChI is InChI=1S/C12H11ClN2O2/c1-2-17-12-9(13)11(16)14-10(15-12)8-6-4-3-5-7-8/h3-7H,2H2,1H3,(H,14,15,16). The van der Waals surface area contributed by atoms with Crippen LogP contribution in [0.4, 0.5) is 0 Å². The van der Waals surface area contributed by atoms with Gasteiger partial charge in [-0.15, -0.1) is 0 Å². The molecule has 0 saturated heterocycles. The van der Waals surface area contributed by atoms with Crippen molar-refractivity contribution in [2.75, 3.05) is 6.61 Å². The zero-order valence-corrected chi connectivity index (χ0v) is 9.99. The van der Waals surface area contributed by atoms with Crippen LogP contribution in [0, 0.1) is 0 Å². The topological polar surface area (TPSA) is 55.0 Å². The summed E-state index contributed by atoms with van der Waals surface area (Å²) in [5, 5.41) is -0.0217. The number of benzene rings is 1. The monoisotopic (exact) mass is 250 g/mol. The number of nitrogens with zero attached hydrogens (tertiary/aromatic N) is 1. The Morgan fingerprint density at radius 2 is 2.06 bits per heavy atom. The summed E-state index contributed by atoms with van der Waals surface area (Å²) in [5.41, 5.74) is 0.409. The molecule has 0 atom stereocenters. The second-order valence-corrected chi connectivity index (χ2v) is 3.71. The average Bonchev–Trinajstić information content (AvgIpc) is 2.36.